The zero-order valence-corrected chi connectivity index (χ0v) is 8.00. The summed E-state index contributed by atoms with van der Waals surface area (Å²) in [6.45, 7) is 0. The van der Waals surface area contributed by atoms with Crippen molar-refractivity contribution in [3.05, 3.63) is 10.6 Å². The zero-order valence-electron chi connectivity index (χ0n) is 7.18. The van der Waals surface area contributed by atoms with Gasteiger partial charge in [0.25, 0.3) is 15.9 Å². The number of hydrogen-bond donors (Lipinski definition) is 1. The minimum absolute atomic E-state index is 0.0787. The summed E-state index contributed by atoms with van der Waals surface area (Å²) in [5.41, 5.74) is 5.14. The van der Waals surface area contributed by atoms with Crippen molar-refractivity contribution in [2.75, 3.05) is 14.1 Å². The lowest BCUT2D eigenvalue weighted by Crippen LogP contribution is -2.26. The highest BCUT2D eigenvalue weighted by atomic mass is 32.2. The zero-order chi connectivity index (χ0) is 10.2. The number of nitrogens with zero attached hydrogens (tertiary/aromatic N) is 2. The van der Waals surface area contributed by atoms with Crippen LogP contribution in [0.1, 0.15) is 0 Å². The van der Waals surface area contributed by atoms with Gasteiger partial charge in [0.15, 0.2) is 5.03 Å². The second-order valence-corrected chi connectivity index (χ2v) is 4.29. The molecule has 1 aliphatic rings. The predicted molar refractivity (Wildman–Crippen MR) is 47.3 cm³/mol. The maximum atomic E-state index is 11.3. The standard InChI is InChI=1S/C6H9N3O3S/c1-9(2)6(10)4-3-8-13(11,12)5(4)7/h3H,7H2,1-2H3. The van der Waals surface area contributed by atoms with Gasteiger partial charge < -0.3 is 10.6 Å². The molecule has 1 rings (SSSR count). The van der Waals surface area contributed by atoms with E-state index in [1.165, 1.54) is 19.0 Å². The Morgan fingerprint density at radius 2 is 2.08 bits per heavy atom. The van der Waals surface area contributed by atoms with Gasteiger partial charge in [0.1, 0.15) is 0 Å². The lowest BCUT2D eigenvalue weighted by molar-refractivity contribution is -0.124. The summed E-state index contributed by atoms with van der Waals surface area (Å²) in [5, 5.41) is -0.480. The van der Waals surface area contributed by atoms with Crippen LogP contribution in [0.4, 0.5) is 0 Å². The summed E-state index contributed by atoms with van der Waals surface area (Å²) in [6.07, 6.45) is 0.965. The van der Waals surface area contributed by atoms with Gasteiger partial charge in [-0.3, -0.25) is 4.79 Å². The molecule has 1 heterocycles. The molecule has 7 heteroatoms. The van der Waals surface area contributed by atoms with Gasteiger partial charge in [-0.05, 0) is 0 Å². The summed E-state index contributed by atoms with van der Waals surface area (Å²) in [6, 6.07) is 0. The van der Waals surface area contributed by atoms with Crippen LogP contribution in [-0.2, 0) is 14.8 Å². The summed E-state index contributed by atoms with van der Waals surface area (Å²) in [7, 11) is -0.771. The predicted octanol–water partition coefficient (Wildman–Crippen LogP) is -1.34. The molecular formula is C6H9N3O3S. The van der Waals surface area contributed by atoms with Crippen LogP contribution < -0.4 is 5.73 Å². The number of likely N-dealkylation sites (N-methyl/N-ethyl adjacent to an activating group) is 1. The van der Waals surface area contributed by atoms with Crippen LogP contribution in [-0.4, -0.2) is 39.5 Å². The summed E-state index contributed by atoms with van der Waals surface area (Å²) in [4.78, 5) is 12.5. The van der Waals surface area contributed by atoms with E-state index in [-0.39, 0.29) is 5.57 Å². The second kappa shape index (κ2) is 2.84. The Hall–Kier alpha value is -1.37. The number of sulfonamides is 1. The van der Waals surface area contributed by atoms with Gasteiger partial charge in [0.2, 0.25) is 0 Å². The van der Waals surface area contributed by atoms with Gasteiger partial charge >= 0.3 is 0 Å². The van der Waals surface area contributed by atoms with Crippen LogP contribution in [0.2, 0.25) is 0 Å². The van der Waals surface area contributed by atoms with Crippen LogP contribution in [0.25, 0.3) is 0 Å². The molecule has 0 aromatic rings. The van der Waals surface area contributed by atoms with E-state index in [4.69, 9.17) is 5.73 Å². The van der Waals surface area contributed by atoms with Crippen molar-refractivity contribution in [3.8, 4) is 0 Å². The Balaban J connectivity index is 3.18. The number of nitrogens with two attached hydrogens (primary N) is 1. The molecule has 0 unspecified atom stereocenters. The van der Waals surface area contributed by atoms with E-state index < -0.39 is 21.0 Å². The molecule has 0 aliphatic carbocycles. The molecule has 1 amide bonds. The topological polar surface area (TPSA) is 92.8 Å². The Morgan fingerprint density at radius 3 is 2.38 bits per heavy atom. The molecule has 13 heavy (non-hydrogen) atoms. The molecule has 2 N–H and O–H groups in total. The fourth-order valence-electron chi connectivity index (χ4n) is 0.783. The molecule has 0 bridgehead atoms. The van der Waals surface area contributed by atoms with Gasteiger partial charge in [-0.2, -0.15) is 12.8 Å². The molecule has 6 nitrogen and oxygen atoms in total. The van der Waals surface area contributed by atoms with Crippen molar-refractivity contribution in [2.24, 2.45) is 10.1 Å². The maximum Gasteiger partial charge on any atom is 0.298 e. The Kier molecular flexibility index (Phi) is 2.12. The monoisotopic (exact) mass is 203 g/mol. The highest BCUT2D eigenvalue weighted by molar-refractivity contribution is 7.94. The van der Waals surface area contributed by atoms with Crippen LogP contribution in [0.5, 0.6) is 0 Å². The molecule has 0 aromatic heterocycles. The van der Waals surface area contributed by atoms with E-state index in [1.54, 1.807) is 0 Å². The quantitative estimate of drug-likeness (QED) is 0.570. The van der Waals surface area contributed by atoms with E-state index >= 15 is 0 Å². The number of carbonyl (C=O) groups is 1. The smallest absolute Gasteiger partial charge is 0.298 e. The minimum atomic E-state index is -3.77. The largest absolute Gasteiger partial charge is 0.387 e. The van der Waals surface area contributed by atoms with Crippen molar-refractivity contribution >= 4 is 22.1 Å². The SMILES string of the molecule is CN(C)C(=O)C1=C(N)S(=O)(=O)N=C1. The molecular weight excluding hydrogens is 194 g/mol. The summed E-state index contributed by atoms with van der Waals surface area (Å²) >= 11 is 0. The molecule has 0 aromatic carbocycles. The van der Waals surface area contributed by atoms with Crippen LogP contribution in [0.15, 0.2) is 15.0 Å². The molecule has 0 radical (unpaired) electrons. The van der Waals surface area contributed by atoms with E-state index in [9.17, 15) is 13.2 Å². The Morgan fingerprint density at radius 1 is 1.54 bits per heavy atom. The molecule has 72 valence electrons. The Labute approximate surface area is 75.8 Å². The number of carbonyl (C=O) groups excluding carboxylic acids is 1. The fraction of sp³-hybridized carbons (Fsp3) is 0.333. The highest BCUT2D eigenvalue weighted by Gasteiger charge is 2.27. The summed E-state index contributed by atoms with van der Waals surface area (Å²) < 4.78 is 25.0. The molecule has 1 aliphatic heterocycles. The van der Waals surface area contributed by atoms with Gasteiger partial charge in [-0.15, -0.1) is 0 Å². The van der Waals surface area contributed by atoms with E-state index in [1.807, 2.05) is 0 Å². The maximum absolute atomic E-state index is 11.3. The van der Waals surface area contributed by atoms with E-state index in [0.29, 0.717) is 0 Å². The van der Waals surface area contributed by atoms with Crippen molar-refractivity contribution < 1.29 is 13.2 Å². The first-order chi connectivity index (χ1) is 5.86. The van der Waals surface area contributed by atoms with Crippen molar-refractivity contribution in [3.63, 3.8) is 0 Å². The lowest BCUT2D eigenvalue weighted by atomic mass is 10.3. The highest BCUT2D eigenvalue weighted by Crippen LogP contribution is 2.15. The number of hydrogen-bond acceptors (Lipinski definition) is 4. The molecule has 0 saturated carbocycles. The lowest BCUT2D eigenvalue weighted by Gasteiger charge is -2.08. The first-order valence-corrected chi connectivity index (χ1v) is 4.82. The number of amides is 1. The van der Waals surface area contributed by atoms with Crippen molar-refractivity contribution in [2.45, 2.75) is 0 Å². The third kappa shape index (κ3) is 1.55. The van der Waals surface area contributed by atoms with Crippen LogP contribution in [0.3, 0.4) is 0 Å². The van der Waals surface area contributed by atoms with E-state index in [0.717, 1.165) is 6.21 Å². The summed E-state index contributed by atoms with van der Waals surface area (Å²) in [5.74, 6) is -0.470. The molecule has 0 fully saturated rings. The van der Waals surface area contributed by atoms with Gasteiger partial charge in [0.05, 0.1) is 11.8 Å². The third-order valence-corrected chi connectivity index (χ3v) is 2.66. The minimum Gasteiger partial charge on any atom is -0.387 e. The van der Waals surface area contributed by atoms with Crippen LogP contribution >= 0.6 is 0 Å². The Bertz CT molecular complexity index is 405. The first-order valence-electron chi connectivity index (χ1n) is 3.38. The molecule has 0 spiro atoms. The number of rotatable bonds is 1. The first kappa shape index (κ1) is 9.72. The molecule has 0 atom stereocenters. The van der Waals surface area contributed by atoms with E-state index in [2.05, 4.69) is 4.40 Å². The normalized spacial score (nSPS) is 19.2. The van der Waals surface area contributed by atoms with Crippen molar-refractivity contribution in [1.82, 2.24) is 4.90 Å². The molecule has 0 saturated heterocycles. The average molecular weight is 203 g/mol. The second-order valence-electron chi connectivity index (χ2n) is 2.69. The van der Waals surface area contributed by atoms with Gasteiger partial charge in [-0.1, -0.05) is 0 Å². The average Bonchev–Trinajstić information content (AvgIpc) is 2.27. The van der Waals surface area contributed by atoms with Gasteiger partial charge in [-0.25, -0.2) is 0 Å². The van der Waals surface area contributed by atoms with Crippen LogP contribution in [0, 0.1) is 0 Å². The van der Waals surface area contributed by atoms with Gasteiger partial charge in [0, 0.05) is 14.1 Å². The third-order valence-electron chi connectivity index (χ3n) is 1.50. The fourth-order valence-corrected chi connectivity index (χ4v) is 1.56. The van der Waals surface area contributed by atoms with Crippen molar-refractivity contribution in [1.29, 1.82) is 0 Å².